The monoisotopic (exact) mass is 735 g/mol. The van der Waals surface area contributed by atoms with Crippen LogP contribution in [0.2, 0.25) is 0 Å². The number of carbonyl (C=O) groups excluding carboxylic acids is 2. The first kappa shape index (κ1) is 43.0. The summed E-state index contributed by atoms with van der Waals surface area (Å²) in [5.41, 5.74) is 2.11. The highest BCUT2D eigenvalue weighted by Gasteiger charge is 2.40. The molecule has 2 N–H and O–H groups in total. The van der Waals surface area contributed by atoms with E-state index in [-0.39, 0.29) is 35.1 Å². The van der Waals surface area contributed by atoms with Crippen molar-refractivity contribution in [3.8, 4) is 5.75 Å². The highest BCUT2D eigenvalue weighted by molar-refractivity contribution is 5.97. The summed E-state index contributed by atoms with van der Waals surface area (Å²) in [6.45, 7) is 17.9. The number of hydrogen-bond acceptors (Lipinski definition) is 7. The number of nitrogens with one attached hydrogen (secondary N) is 2. The van der Waals surface area contributed by atoms with Gasteiger partial charge in [-0.25, -0.2) is 4.79 Å². The molecule has 1 amide bonds. The molecule has 2 aromatic rings. The summed E-state index contributed by atoms with van der Waals surface area (Å²) in [6.07, 6.45) is 9.91. The van der Waals surface area contributed by atoms with Crippen molar-refractivity contribution in [3.05, 3.63) is 35.5 Å². The number of ether oxygens (including phenoxy) is 2. The van der Waals surface area contributed by atoms with Crippen molar-refractivity contribution in [2.75, 3.05) is 28.8 Å². The predicted molar refractivity (Wildman–Crippen MR) is 203 cm³/mol. The summed E-state index contributed by atoms with van der Waals surface area (Å²) < 4.78 is 50.9. The molecule has 0 saturated carbocycles. The third-order valence-corrected chi connectivity index (χ3v) is 10.7. The van der Waals surface area contributed by atoms with Gasteiger partial charge in [-0.15, -0.1) is 0 Å². The average Bonchev–Trinajstić information content (AvgIpc) is 3.63. The molecular weight excluding hydrogens is 671 g/mol. The normalized spacial score (nSPS) is 15.3. The Hall–Kier alpha value is -3.44. The highest BCUT2D eigenvalue weighted by Crippen LogP contribution is 2.39. The van der Waals surface area contributed by atoms with E-state index in [0.29, 0.717) is 25.1 Å². The van der Waals surface area contributed by atoms with Crippen LogP contribution in [0.1, 0.15) is 156 Å². The van der Waals surface area contributed by atoms with Crippen molar-refractivity contribution >= 4 is 23.4 Å². The molecule has 3 rings (SSSR count). The molecule has 0 saturated heterocycles. The van der Waals surface area contributed by atoms with E-state index < -0.39 is 24.2 Å². The predicted octanol–water partition coefficient (Wildman–Crippen LogP) is 10.2. The number of benzene rings is 1. The minimum absolute atomic E-state index is 0.00327. The van der Waals surface area contributed by atoms with Crippen LogP contribution in [0.15, 0.2) is 24.4 Å². The van der Waals surface area contributed by atoms with Gasteiger partial charge in [0.2, 0.25) is 0 Å². The Bertz CT molecular complexity index is 1420. The second kappa shape index (κ2) is 19.6. The summed E-state index contributed by atoms with van der Waals surface area (Å²) in [5.74, 6) is -1.50. The van der Waals surface area contributed by atoms with Crippen molar-refractivity contribution in [2.45, 2.75) is 175 Å². The molecule has 294 valence electrons. The molecular formula is C40H64F3N5O4. The van der Waals surface area contributed by atoms with Gasteiger partial charge in [-0.05, 0) is 55.1 Å². The van der Waals surface area contributed by atoms with Gasteiger partial charge in [0.25, 0.3) is 0 Å². The molecule has 0 fully saturated rings. The third-order valence-electron chi connectivity index (χ3n) is 10.7. The Labute approximate surface area is 309 Å². The zero-order valence-corrected chi connectivity index (χ0v) is 32.9. The van der Waals surface area contributed by atoms with Crippen LogP contribution >= 0.6 is 0 Å². The number of carbonyl (C=O) groups is 2. The fourth-order valence-corrected chi connectivity index (χ4v) is 6.34. The summed E-state index contributed by atoms with van der Waals surface area (Å²) in [6, 6.07) is 6.39. The number of nitrogens with zero attached hydrogens (tertiary/aromatic N) is 3. The van der Waals surface area contributed by atoms with Gasteiger partial charge in [-0.1, -0.05) is 118 Å². The van der Waals surface area contributed by atoms with Gasteiger partial charge in [0.05, 0.1) is 12.8 Å². The Morgan fingerprint density at radius 1 is 0.904 bits per heavy atom. The van der Waals surface area contributed by atoms with E-state index in [1.807, 2.05) is 18.3 Å². The molecule has 0 aliphatic carbocycles. The number of rotatable bonds is 23. The number of amides is 1. The number of hydrogen-bond donors (Lipinski definition) is 2. The lowest BCUT2D eigenvalue weighted by molar-refractivity contribution is -0.167. The van der Waals surface area contributed by atoms with Crippen LogP contribution in [0.4, 0.5) is 24.7 Å². The molecule has 2 unspecified atom stereocenters. The number of esters is 1. The van der Waals surface area contributed by atoms with E-state index in [0.717, 1.165) is 37.7 Å². The quantitative estimate of drug-likeness (QED) is 0.0866. The van der Waals surface area contributed by atoms with Crippen molar-refractivity contribution < 1.29 is 32.2 Å². The lowest BCUT2D eigenvalue weighted by Crippen LogP contribution is -2.41. The number of alkyl halides is 3. The Morgan fingerprint density at radius 3 is 2.12 bits per heavy atom. The van der Waals surface area contributed by atoms with Crippen molar-refractivity contribution in [1.82, 2.24) is 9.89 Å². The molecule has 2 heterocycles. The van der Waals surface area contributed by atoms with Crippen molar-refractivity contribution in [2.24, 2.45) is 0 Å². The molecule has 1 aromatic carbocycles. The first-order chi connectivity index (χ1) is 24.6. The van der Waals surface area contributed by atoms with E-state index in [4.69, 9.17) is 9.47 Å². The fraction of sp³-hybridized carbons (Fsp3) is 0.725. The number of aromatic nitrogens is 2. The van der Waals surface area contributed by atoms with E-state index >= 15 is 0 Å². The van der Waals surface area contributed by atoms with Gasteiger partial charge in [-0.2, -0.15) is 23.1 Å². The zero-order valence-electron chi connectivity index (χ0n) is 32.9. The molecule has 1 aliphatic heterocycles. The van der Waals surface area contributed by atoms with Gasteiger partial charge in [-0.3, -0.25) is 9.80 Å². The van der Waals surface area contributed by atoms with Gasteiger partial charge in [0, 0.05) is 18.5 Å². The van der Waals surface area contributed by atoms with Crippen LogP contribution in [0, 0.1) is 0 Å². The molecule has 2 atom stereocenters. The molecule has 0 radical (unpaired) electrons. The van der Waals surface area contributed by atoms with Crippen LogP contribution in [0.25, 0.3) is 0 Å². The third kappa shape index (κ3) is 12.0. The molecule has 12 heteroatoms. The molecule has 52 heavy (non-hydrogen) atoms. The second-order valence-corrected chi connectivity index (χ2v) is 15.5. The lowest BCUT2D eigenvalue weighted by Gasteiger charge is -2.31. The first-order valence-electron chi connectivity index (χ1n) is 19.5. The summed E-state index contributed by atoms with van der Waals surface area (Å²) in [7, 11) is 0. The summed E-state index contributed by atoms with van der Waals surface area (Å²) >= 11 is 0. The van der Waals surface area contributed by atoms with Gasteiger partial charge >= 0.3 is 18.1 Å². The van der Waals surface area contributed by atoms with Crippen LogP contribution < -0.4 is 20.4 Å². The Balaban J connectivity index is 1.66. The molecule has 0 spiro atoms. The number of anilines is 2. The Kier molecular flexibility index (Phi) is 16.2. The number of fused-ring (bicyclic) bond motifs is 1. The maximum Gasteiger partial charge on any atom is 0.471 e. The first-order valence-corrected chi connectivity index (χ1v) is 19.5. The van der Waals surface area contributed by atoms with Crippen molar-refractivity contribution in [1.29, 1.82) is 0 Å². The molecule has 0 bridgehead atoms. The zero-order chi connectivity index (χ0) is 38.5. The van der Waals surface area contributed by atoms with E-state index in [2.05, 4.69) is 71.0 Å². The van der Waals surface area contributed by atoms with Crippen LogP contribution in [0.3, 0.4) is 0 Å². The van der Waals surface area contributed by atoms with E-state index in [9.17, 15) is 22.8 Å². The summed E-state index contributed by atoms with van der Waals surface area (Å²) in [4.78, 5) is 26.6. The molecule has 1 aliphatic rings. The van der Waals surface area contributed by atoms with Crippen LogP contribution in [-0.4, -0.2) is 53.4 Å². The second-order valence-electron chi connectivity index (χ2n) is 15.5. The van der Waals surface area contributed by atoms with E-state index in [1.165, 1.54) is 61.5 Å². The van der Waals surface area contributed by atoms with Crippen molar-refractivity contribution in [3.63, 3.8) is 0 Å². The highest BCUT2D eigenvalue weighted by atomic mass is 19.4. The van der Waals surface area contributed by atoms with Crippen LogP contribution in [0.5, 0.6) is 5.75 Å². The standard InChI is InChI=1S/C40H64F3N5O4/c1-9-12-13-14-15-16-17-18-19-20-22-34(52-33-24-23-30(38(5,6)10-2)27-31(33)39(7,8)11-3)36(49)51-26-21-25-47-29(4)45-35-32(28-44-48(35)47)46-37(50)40(41,42)43/h23-24,27-29,34,45H,9-22,25-26H2,1-8H3,(H,46,50). The number of unbranched alkanes of at least 4 members (excludes halogenated alkanes) is 9. The van der Waals surface area contributed by atoms with E-state index in [1.54, 1.807) is 5.01 Å². The summed E-state index contributed by atoms with van der Waals surface area (Å²) in [5, 5.41) is 10.9. The van der Waals surface area contributed by atoms with Gasteiger partial charge in [0.1, 0.15) is 17.6 Å². The number of halogens is 3. The largest absolute Gasteiger partial charge is 0.478 e. The molecule has 9 nitrogen and oxygen atoms in total. The topological polar surface area (TPSA) is 97.7 Å². The van der Waals surface area contributed by atoms with Gasteiger partial charge in [0.15, 0.2) is 11.9 Å². The maximum atomic E-state index is 13.7. The molecule has 1 aromatic heterocycles. The fourth-order valence-electron chi connectivity index (χ4n) is 6.34. The SMILES string of the molecule is CCCCCCCCCCCCC(Oc1ccc(C(C)(C)CC)cc1C(C)(C)CC)C(=O)OCCCN1C(C)Nc2c(NC(=O)C(F)(F)F)cnn21. The lowest BCUT2D eigenvalue weighted by atomic mass is 9.76. The average molecular weight is 736 g/mol. The van der Waals surface area contributed by atoms with Gasteiger partial charge < -0.3 is 20.1 Å². The maximum absolute atomic E-state index is 13.7. The Morgan fingerprint density at radius 2 is 1.52 bits per heavy atom. The van der Waals surface area contributed by atoms with Crippen LogP contribution in [-0.2, 0) is 25.2 Å². The smallest absolute Gasteiger partial charge is 0.471 e. The minimum Gasteiger partial charge on any atom is -0.478 e. The minimum atomic E-state index is -5.01.